The molecule has 3 aromatic rings. The fourth-order valence-corrected chi connectivity index (χ4v) is 4.99. The second kappa shape index (κ2) is 8.59. The first-order valence-corrected chi connectivity index (χ1v) is 12.1. The summed E-state index contributed by atoms with van der Waals surface area (Å²) in [6, 6.07) is 17.0. The van der Waals surface area contributed by atoms with E-state index < -0.39 is 0 Å². The van der Waals surface area contributed by atoms with Gasteiger partial charge in [-0.05, 0) is 52.3 Å². The Morgan fingerprint density at radius 2 is 1.82 bits per heavy atom. The molecule has 2 aromatic carbocycles. The molecule has 0 bridgehead atoms. The minimum Gasteiger partial charge on any atom is -0.358 e. The Balaban J connectivity index is 1.25. The molecule has 1 aliphatic carbocycles. The van der Waals surface area contributed by atoms with Crippen LogP contribution in [0.25, 0.3) is 22.5 Å². The molecule has 174 valence electrons. The Labute approximate surface area is 200 Å². The van der Waals surface area contributed by atoms with Gasteiger partial charge in [0.15, 0.2) is 11.7 Å². The van der Waals surface area contributed by atoms with Crippen molar-refractivity contribution >= 4 is 5.84 Å². The second-order valence-corrected chi connectivity index (χ2v) is 9.53. The average Bonchev–Trinajstić information content (AvgIpc) is 3.37. The third-order valence-corrected chi connectivity index (χ3v) is 6.93. The van der Waals surface area contributed by atoms with Gasteiger partial charge in [0.2, 0.25) is 0 Å². The Kier molecular flexibility index (Phi) is 5.28. The molecule has 1 saturated carbocycles. The molecule has 0 saturated heterocycles. The highest BCUT2D eigenvalue weighted by atomic mass is 15.5. The van der Waals surface area contributed by atoms with Gasteiger partial charge in [0.05, 0.1) is 12.4 Å². The van der Waals surface area contributed by atoms with Gasteiger partial charge in [0, 0.05) is 31.9 Å². The number of aliphatic imine (C=N–C) groups is 1. The van der Waals surface area contributed by atoms with Gasteiger partial charge in [-0.15, -0.1) is 5.10 Å². The van der Waals surface area contributed by atoms with Crippen LogP contribution in [0.15, 0.2) is 65.4 Å². The standard InChI is InChI=1S/C26H30N8/c1-3-24-27-26-23(16-33(17-32(26)2)14-18-8-9-18)34(24)15-19-10-12-20(13-11-19)21-6-4-5-7-22(21)25-28-30-31-29-25/h4-7,10-13,16,18,24H,3,8-9,14-15,17H2,1-2H3,(H,28,29,30,31). The van der Waals surface area contributed by atoms with E-state index in [-0.39, 0.29) is 6.17 Å². The molecule has 0 radical (unpaired) electrons. The van der Waals surface area contributed by atoms with Crippen LogP contribution >= 0.6 is 0 Å². The van der Waals surface area contributed by atoms with Crippen LogP contribution in [0.5, 0.6) is 0 Å². The van der Waals surface area contributed by atoms with Gasteiger partial charge < -0.3 is 14.7 Å². The number of nitrogens with zero attached hydrogens (tertiary/aromatic N) is 7. The van der Waals surface area contributed by atoms with Crippen LogP contribution in [0, 0.1) is 5.92 Å². The van der Waals surface area contributed by atoms with Gasteiger partial charge in [-0.3, -0.25) is 0 Å². The Morgan fingerprint density at radius 3 is 2.53 bits per heavy atom. The van der Waals surface area contributed by atoms with E-state index in [0.717, 1.165) is 54.6 Å². The number of aromatic amines is 1. The SMILES string of the molecule is CCC1N=C2C(=CN(CC3CC3)CN2C)N1Cc1ccc(-c2ccccc2-c2nnn[nH]2)cc1. The number of tetrazole rings is 1. The molecule has 2 aliphatic heterocycles. The molecule has 0 spiro atoms. The third-order valence-electron chi connectivity index (χ3n) is 6.93. The summed E-state index contributed by atoms with van der Waals surface area (Å²) in [5.41, 5.74) is 5.79. The normalized spacial score (nSPS) is 19.8. The molecule has 8 heteroatoms. The molecule has 8 nitrogen and oxygen atoms in total. The summed E-state index contributed by atoms with van der Waals surface area (Å²) in [6.45, 7) is 5.15. The Morgan fingerprint density at radius 1 is 1.03 bits per heavy atom. The molecule has 0 amide bonds. The number of benzene rings is 2. The maximum Gasteiger partial charge on any atom is 0.180 e. The van der Waals surface area contributed by atoms with Crippen molar-refractivity contribution < 1.29 is 0 Å². The summed E-state index contributed by atoms with van der Waals surface area (Å²) in [5, 5.41) is 14.4. The molecule has 1 aromatic heterocycles. The highest BCUT2D eigenvalue weighted by Gasteiger charge is 2.36. The van der Waals surface area contributed by atoms with Gasteiger partial charge in [-0.1, -0.05) is 55.5 Å². The van der Waals surface area contributed by atoms with Crippen LogP contribution in [0.4, 0.5) is 0 Å². The molecule has 1 N–H and O–H groups in total. The first-order valence-electron chi connectivity index (χ1n) is 12.1. The maximum atomic E-state index is 5.07. The summed E-state index contributed by atoms with van der Waals surface area (Å²) in [5.74, 6) is 2.67. The minimum absolute atomic E-state index is 0.184. The van der Waals surface area contributed by atoms with Crippen molar-refractivity contribution in [1.29, 1.82) is 0 Å². The topological polar surface area (TPSA) is 76.5 Å². The van der Waals surface area contributed by atoms with Crippen molar-refractivity contribution in [3.63, 3.8) is 0 Å². The van der Waals surface area contributed by atoms with Gasteiger partial charge in [-0.2, -0.15) is 0 Å². The lowest BCUT2D eigenvalue weighted by molar-refractivity contribution is 0.228. The number of H-pyrrole nitrogens is 1. The number of rotatable bonds is 7. The fourth-order valence-electron chi connectivity index (χ4n) is 4.99. The highest BCUT2D eigenvalue weighted by molar-refractivity contribution is 5.99. The number of hydrogen-bond acceptors (Lipinski definition) is 7. The predicted octanol–water partition coefficient (Wildman–Crippen LogP) is 3.94. The zero-order valence-electron chi connectivity index (χ0n) is 19.7. The third kappa shape index (κ3) is 3.93. The number of amidine groups is 1. The first kappa shape index (κ1) is 20.9. The van der Waals surface area contributed by atoms with Crippen LogP contribution < -0.4 is 0 Å². The van der Waals surface area contributed by atoms with Crippen LogP contribution in [0.1, 0.15) is 31.7 Å². The van der Waals surface area contributed by atoms with E-state index in [1.54, 1.807) is 0 Å². The van der Waals surface area contributed by atoms with Crippen molar-refractivity contribution in [3.05, 3.63) is 66.0 Å². The molecule has 1 unspecified atom stereocenters. The van der Waals surface area contributed by atoms with Crippen LogP contribution in [-0.2, 0) is 6.54 Å². The van der Waals surface area contributed by atoms with Crippen molar-refractivity contribution in [3.8, 4) is 22.5 Å². The van der Waals surface area contributed by atoms with E-state index in [2.05, 4.69) is 85.8 Å². The molecule has 1 atom stereocenters. The Bertz CT molecular complexity index is 1210. The van der Waals surface area contributed by atoms with Crippen LogP contribution in [0.3, 0.4) is 0 Å². The smallest absolute Gasteiger partial charge is 0.180 e. The lowest BCUT2D eigenvalue weighted by Crippen LogP contribution is -2.44. The zero-order chi connectivity index (χ0) is 23.1. The summed E-state index contributed by atoms with van der Waals surface area (Å²) in [6.07, 6.45) is 6.27. The average molecular weight is 455 g/mol. The van der Waals surface area contributed by atoms with E-state index in [4.69, 9.17) is 4.99 Å². The summed E-state index contributed by atoms with van der Waals surface area (Å²) in [7, 11) is 2.16. The van der Waals surface area contributed by atoms with Crippen LogP contribution in [0.2, 0.25) is 0 Å². The van der Waals surface area contributed by atoms with E-state index in [9.17, 15) is 0 Å². The number of nitrogens with one attached hydrogen (secondary N) is 1. The van der Waals surface area contributed by atoms with Crippen molar-refractivity contribution in [1.82, 2.24) is 35.3 Å². The van der Waals surface area contributed by atoms with Gasteiger partial charge in [0.25, 0.3) is 0 Å². The number of likely N-dealkylation sites (N-methyl/N-ethyl adjacent to an activating group) is 1. The van der Waals surface area contributed by atoms with E-state index in [1.165, 1.54) is 24.1 Å². The van der Waals surface area contributed by atoms with Crippen molar-refractivity contribution in [2.45, 2.75) is 38.9 Å². The van der Waals surface area contributed by atoms with Crippen molar-refractivity contribution in [2.24, 2.45) is 10.9 Å². The predicted molar refractivity (Wildman–Crippen MR) is 132 cm³/mol. The van der Waals surface area contributed by atoms with Crippen molar-refractivity contribution in [2.75, 3.05) is 20.3 Å². The van der Waals surface area contributed by atoms with Gasteiger partial charge in [-0.25, -0.2) is 10.1 Å². The Hall–Kier alpha value is -3.68. The van der Waals surface area contributed by atoms with E-state index in [1.807, 2.05) is 18.2 Å². The first-order chi connectivity index (χ1) is 16.7. The molecular weight excluding hydrogens is 424 g/mol. The molecule has 3 heterocycles. The molecular formula is C26H30N8. The number of hydrogen-bond donors (Lipinski definition) is 1. The van der Waals surface area contributed by atoms with Crippen LogP contribution in [-0.4, -0.2) is 67.6 Å². The largest absolute Gasteiger partial charge is 0.358 e. The summed E-state index contributed by atoms with van der Waals surface area (Å²) >= 11 is 0. The van der Waals surface area contributed by atoms with E-state index in [0.29, 0.717) is 5.82 Å². The molecule has 6 rings (SSSR count). The molecule has 1 fully saturated rings. The molecule has 34 heavy (non-hydrogen) atoms. The second-order valence-electron chi connectivity index (χ2n) is 9.53. The minimum atomic E-state index is 0.184. The fraction of sp³-hybridized carbons (Fsp3) is 0.385. The number of aromatic nitrogens is 4. The lowest BCUT2D eigenvalue weighted by Gasteiger charge is -2.36. The van der Waals surface area contributed by atoms with Gasteiger partial charge >= 0.3 is 0 Å². The zero-order valence-corrected chi connectivity index (χ0v) is 19.7. The monoisotopic (exact) mass is 454 g/mol. The summed E-state index contributed by atoms with van der Waals surface area (Å²) < 4.78 is 0. The molecule has 3 aliphatic rings. The van der Waals surface area contributed by atoms with E-state index >= 15 is 0 Å². The highest BCUT2D eigenvalue weighted by Crippen LogP contribution is 2.34. The lowest BCUT2D eigenvalue weighted by atomic mass is 9.98. The maximum absolute atomic E-state index is 5.07. The van der Waals surface area contributed by atoms with Gasteiger partial charge in [0.1, 0.15) is 6.17 Å². The summed E-state index contributed by atoms with van der Waals surface area (Å²) in [4.78, 5) is 12.3. The quantitative estimate of drug-likeness (QED) is 0.583. The number of fused-ring (bicyclic) bond motifs is 1.